The van der Waals surface area contributed by atoms with Gasteiger partial charge in [0.2, 0.25) is 5.91 Å². The van der Waals surface area contributed by atoms with Crippen LogP contribution in [0.1, 0.15) is 25.7 Å². The third kappa shape index (κ3) is 3.19. The van der Waals surface area contributed by atoms with Gasteiger partial charge in [0, 0.05) is 12.6 Å². The Morgan fingerprint density at radius 2 is 2.06 bits per heavy atom. The van der Waals surface area contributed by atoms with E-state index in [1.54, 1.807) is 0 Å². The Kier molecular flexibility index (Phi) is 3.73. The first-order valence-corrected chi connectivity index (χ1v) is 8.04. The summed E-state index contributed by atoms with van der Waals surface area (Å²) in [5, 5.41) is 2.85. The molecule has 0 bridgehead atoms. The Labute approximate surface area is 102 Å². The van der Waals surface area contributed by atoms with Gasteiger partial charge in [-0.2, -0.15) is 0 Å². The lowest BCUT2D eigenvalue weighted by Gasteiger charge is -2.17. The van der Waals surface area contributed by atoms with Crippen LogP contribution in [0.2, 0.25) is 0 Å². The molecular formula is C11H20N2O3S. The molecule has 2 rings (SSSR count). The third-order valence-electron chi connectivity index (χ3n) is 3.86. The largest absolute Gasteiger partial charge is 0.355 e. The first kappa shape index (κ1) is 12.8. The van der Waals surface area contributed by atoms with Gasteiger partial charge < -0.3 is 11.1 Å². The zero-order valence-electron chi connectivity index (χ0n) is 9.89. The summed E-state index contributed by atoms with van der Waals surface area (Å²) in [7, 11) is -2.97. The molecule has 1 aliphatic heterocycles. The van der Waals surface area contributed by atoms with Crippen molar-refractivity contribution >= 4 is 15.7 Å². The molecule has 2 fully saturated rings. The number of nitrogens with two attached hydrogens (primary N) is 1. The lowest BCUT2D eigenvalue weighted by molar-refractivity contribution is -0.124. The molecule has 3 atom stereocenters. The van der Waals surface area contributed by atoms with Crippen LogP contribution in [-0.4, -0.2) is 38.4 Å². The minimum Gasteiger partial charge on any atom is -0.355 e. The monoisotopic (exact) mass is 260 g/mol. The fraction of sp³-hybridized carbons (Fsp3) is 0.909. The summed E-state index contributed by atoms with van der Waals surface area (Å²) in [6.45, 7) is 0.594. The van der Waals surface area contributed by atoms with Crippen molar-refractivity contribution in [3.05, 3.63) is 0 Å². The number of amides is 1. The van der Waals surface area contributed by atoms with Gasteiger partial charge in [0.1, 0.15) is 0 Å². The topological polar surface area (TPSA) is 89.3 Å². The summed E-state index contributed by atoms with van der Waals surface area (Å²) >= 11 is 0. The molecule has 0 aromatic heterocycles. The highest BCUT2D eigenvalue weighted by molar-refractivity contribution is 7.91. The molecule has 0 aromatic carbocycles. The average Bonchev–Trinajstić information content (AvgIpc) is 2.81. The van der Waals surface area contributed by atoms with Gasteiger partial charge >= 0.3 is 0 Å². The van der Waals surface area contributed by atoms with E-state index in [4.69, 9.17) is 5.73 Å². The van der Waals surface area contributed by atoms with Crippen molar-refractivity contribution in [2.24, 2.45) is 17.6 Å². The predicted molar refractivity (Wildman–Crippen MR) is 65.1 cm³/mol. The Bertz CT molecular complexity index is 394. The maximum atomic E-state index is 11.8. The number of carbonyl (C=O) groups excluding carboxylic acids is 1. The van der Waals surface area contributed by atoms with Crippen LogP contribution in [0.25, 0.3) is 0 Å². The lowest BCUT2D eigenvalue weighted by Crippen LogP contribution is -2.39. The molecule has 1 saturated carbocycles. The number of carbonyl (C=O) groups is 1. The molecule has 17 heavy (non-hydrogen) atoms. The smallest absolute Gasteiger partial charge is 0.224 e. The van der Waals surface area contributed by atoms with Crippen LogP contribution in [0.5, 0.6) is 0 Å². The van der Waals surface area contributed by atoms with Crippen molar-refractivity contribution in [3.63, 3.8) is 0 Å². The minimum atomic E-state index is -2.97. The van der Waals surface area contributed by atoms with Gasteiger partial charge in [-0.05, 0) is 25.2 Å². The molecule has 3 unspecified atom stereocenters. The van der Waals surface area contributed by atoms with E-state index in [0.717, 1.165) is 19.3 Å². The Morgan fingerprint density at radius 1 is 1.29 bits per heavy atom. The van der Waals surface area contributed by atoms with Crippen LogP contribution in [0, 0.1) is 11.8 Å². The third-order valence-corrected chi connectivity index (χ3v) is 5.63. The number of hydrogen-bond acceptors (Lipinski definition) is 4. The van der Waals surface area contributed by atoms with E-state index < -0.39 is 9.84 Å². The highest BCUT2D eigenvalue weighted by Crippen LogP contribution is 2.23. The SMILES string of the molecule is NC1CCCC1CNC(=O)C1CCS(=O)(=O)C1. The second-order valence-electron chi connectivity index (χ2n) is 5.20. The van der Waals surface area contributed by atoms with E-state index in [-0.39, 0.29) is 29.4 Å². The fourth-order valence-electron chi connectivity index (χ4n) is 2.70. The van der Waals surface area contributed by atoms with Crippen LogP contribution in [0.4, 0.5) is 0 Å². The standard InChI is InChI=1S/C11H20N2O3S/c12-10-3-1-2-8(10)6-13-11(14)9-4-5-17(15,16)7-9/h8-10H,1-7,12H2,(H,13,14). The zero-order chi connectivity index (χ0) is 12.5. The Hall–Kier alpha value is -0.620. The maximum absolute atomic E-state index is 11.8. The highest BCUT2D eigenvalue weighted by atomic mass is 32.2. The maximum Gasteiger partial charge on any atom is 0.224 e. The molecule has 6 heteroatoms. The summed E-state index contributed by atoms with van der Waals surface area (Å²) in [5.41, 5.74) is 5.91. The quantitative estimate of drug-likeness (QED) is 0.727. The average molecular weight is 260 g/mol. The highest BCUT2D eigenvalue weighted by Gasteiger charge is 2.33. The minimum absolute atomic E-state index is 0.00948. The molecule has 1 saturated heterocycles. The Morgan fingerprint density at radius 3 is 2.59 bits per heavy atom. The molecule has 3 N–H and O–H groups in total. The van der Waals surface area contributed by atoms with Crippen LogP contribution < -0.4 is 11.1 Å². The number of nitrogens with one attached hydrogen (secondary N) is 1. The van der Waals surface area contributed by atoms with E-state index in [9.17, 15) is 13.2 Å². The number of rotatable bonds is 3. The second-order valence-corrected chi connectivity index (χ2v) is 7.43. The molecule has 0 spiro atoms. The summed E-state index contributed by atoms with van der Waals surface area (Å²) in [6.07, 6.45) is 3.67. The zero-order valence-corrected chi connectivity index (χ0v) is 10.7. The van der Waals surface area contributed by atoms with E-state index in [1.165, 1.54) is 0 Å². The van der Waals surface area contributed by atoms with Crippen molar-refractivity contribution in [1.29, 1.82) is 0 Å². The summed E-state index contributed by atoms with van der Waals surface area (Å²) in [5.74, 6) is 0.0450. The first-order chi connectivity index (χ1) is 7.98. The molecule has 0 radical (unpaired) electrons. The van der Waals surface area contributed by atoms with Crippen LogP contribution in [-0.2, 0) is 14.6 Å². The summed E-state index contributed by atoms with van der Waals surface area (Å²) < 4.78 is 22.5. The second kappa shape index (κ2) is 4.94. The van der Waals surface area contributed by atoms with E-state index in [1.807, 2.05) is 0 Å². The lowest BCUT2D eigenvalue weighted by atomic mass is 10.0. The van der Waals surface area contributed by atoms with Crippen LogP contribution >= 0.6 is 0 Å². The van der Waals surface area contributed by atoms with E-state index >= 15 is 0 Å². The van der Waals surface area contributed by atoms with E-state index in [0.29, 0.717) is 18.9 Å². The number of hydrogen-bond donors (Lipinski definition) is 2. The fourth-order valence-corrected chi connectivity index (χ4v) is 4.44. The van der Waals surface area contributed by atoms with Gasteiger partial charge in [-0.3, -0.25) is 4.79 Å². The normalized spacial score (nSPS) is 35.9. The van der Waals surface area contributed by atoms with Crippen LogP contribution in [0.15, 0.2) is 0 Å². The first-order valence-electron chi connectivity index (χ1n) is 6.21. The van der Waals surface area contributed by atoms with Gasteiger partial charge in [-0.25, -0.2) is 8.42 Å². The van der Waals surface area contributed by atoms with E-state index in [2.05, 4.69) is 5.32 Å². The molecule has 1 aliphatic carbocycles. The molecular weight excluding hydrogens is 240 g/mol. The van der Waals surface area contributed by atoms with Gasteiger partial charge in [0.15, 0.2) is 9.84 Å². The molecule has 5 nitrogen and oxygen atoms in total. The number of sulfone groups is 1. The Balaban J connectivity index is 1.78. The predicted octanol–water partition coefficient (Wildman–Crippen LogP) is -0.335. The summed E-state index contributed by atoms with van der Waals surface area (Å²) in [6, 6.07) is 0.183. The van der Waals surface area contributed by atoms with Gasteiger partial charge in [-0.1, -0.05) is 6.42 Å². The van der Waals surface area contributed by atoms with Gasteiger partial charge in [-0.15, -0.1) is 0 Å². The van der Waals surface area contributed by atoms with Gasteiger partial charge in [0.05, 0.1) is 17.4 Å². The van der Waals surface area contributed by atoms with Crippen molar-refractivity contribution in [3.8, 4) is 0 Å². The van der Waals surface area contributed by atoms with Crippen molar-refractivity contribution in [2.45, 2.75) is 31.7 Å². The van der Waals surface area contributed by atoms with Crippen molar-refractivity contribution < 1.29 is 13.2 Å². The molecule has 1 amide bonds. The molecule has 0 aromatic rings. The van der Waals surface area contributed by atoms with Crippen LogP contribution in [0.3, 0.4) is 0 Å². The molecule has 1 heterocycles. The van der Waals surface area contributed by atoms with Gasteiger partial charge in [0.25, 0.3) is 0 Å². The summed E-state index contributed by atoms with van der Waals surface area (Å²) in [4.78, 5) is 11.8. The van der Waals surface area contributed by atoms with Crippen molar-refractivity contribution in [1.82, 2.24) is 5.32 Å². The molecule has 2 aliphatic rings. The molecule has 98 valence electrons. The van der Waals surface area contributed by atoms with Crippen molar-refractivity contribution in [2.75, 3.05) is 18.1 Å².